The van der Waals surface area contributed by atoms with Gasteiger partial charge >= 0.3 is 5.97 Å². The summed E-state index contributed by atoms with van der Waals surface area (Å²) in [6, 6.07) is 12.9. The van der Waals surface area contributed by atoms with Crippen molar-refractivity contribution in [1.29, 1.82) is 0 Å². The van der Waals surface area contributed by atoms with Crippen LogP contribution in [0.25, 0.3) is 10.9 Å². The molecule has 0 saturated carbocycles. The Balaban J connectivity index is 1.54. The van der Waals surface area contributed by atoms with Gasteiger partial charge in [-0.1, -0.05) is 41.4 Å². The van der Waals surface area contributed by atoms with E-state index in [1.165, 1.54) is 5.01 Å². The summed E-state index contributed by atoms with van der Waals surface area (Å²) < 4.78 is 11.3. The molecule has 8 nitrogen and oxygen atoms in total. The van der Waals surface area contributed by atoms with Crippen molar-refractivity contribution in [2.75, 3.05) is 13.2 Å². The van der Waals surface area contributed by atoms with Crippen molar-refractivity contribution >= 4 is 40.1 Å². The molecule has 3 aromatic rings. The first-order chi connectivity index (χ1) is 16.4. The molecule has 2 aliphatic heterocycles. The Morgan fingerprint density at radius 3 is 2.50 bits per heavy atom. The largest absolute Gasteiger partial charge is 0.486 e. The average Bonchev–Trinajstić information content (AvgIpc) is 3.26. The average molecular weight is 480 g/mol. The van der Waals surface area contributed by atoms with Crippen LogP contribution in [0.5, 0.6) is 11.5 Å². The van der Waals surface area contributed by atoms with E-state index >= 15 is 0 Å². The number of carbonyl (C=O) groups excluding carboxylic acids is 1. The molecule has 174 valence electrons. The molecule has 34 heavy (non-hydrogen) atoms. The SMILES string of the molecule is Cc1ccc(C2=NN(C(=O)CCC(=O)O)C(c3cc4cc5c(cc4nc3Cl)OCCO5)C2)cc1. The fourth-order valence-electron chi connectivity index (χ4n) is 4.17. The van der Waals surface area contributed by atoms with Crippen LogP contribution in [0.1, 0.15) is 42.0 Å². The molecule has 5 rings (SSSR count). The number of nitrogens with zero attached hydrogens (tertiary/aromatic N) is 3. The molecule has 3 heterocycles. The molecule has 1 N–H and O–H groups in total. The molecule has 9 heteroatoms. The lowest BCUT2D eigenvalue weighted by Gasteiger charge is -2.23. The van der Waals surface area contributed by atoms with E-state index in [0.717, 1.165) is 22.2 Å². The fraction of sp³-hybridized carbons (Fsp3) is 0.280. The third kappa shape index (κ3) is 4.28. The molecule has 0 spiro atoms. The van der Waals surface area contributed by atoms with Gasteiger partial charge in [0.15, 0.2) is 11.5 Å². The molecule has 0 radical (unpaired) electrons. The zero-order chi connectivity index (χ0) is 23.8. The number of amides is 1. The van der Waals surface area contributed by atoms with Crippen LogP contribution in [0.3, 0.4) is 0 Å². The molecule has 1 unspecified atom stereocenters. The molecule has 0 aliphatic carbocycles. The van der Waals surface area contributed by atoms with Crippen molar-refractivity contribution < 1.29 is 24.2 Å². The van der Waals surface area contributed by atoms with Gasteiger partial charge < -0.3 is 14.6 Å². The number of benzene rings is 2. The first kappa shape index (κ1) is 22.2. The quantitative estimate of drug-likeness (QED) is 0.540. The number of hydrogen-bond donors (Lipinski definition) is 1. The van der Waals surface area contributed by atoms with E-state index < -0.39 is 12.0 Å². The highest BCUT2D eigenvalue weighted by Gasteiger charge is 2.35. The predicted molar refractivity (Wildman–Crippen MR) is 127 cm³/mol. The van der Waals surface area contributed by atoms with Gasteiger partial charge in [0, 0.05) is 29.9 Å². The Morgan fingerprint density at radius 2 is 1.79 bits per heavy atom. The molecule has 2 aliphatic rings. The van der Waals surface area contributed by atoms with Crippen molar-refractivity contribution in [1.82, 2.24) is 9.99 Å². The van der Waals surface area contributed by atoms with Crippen molar-refractivity contribution in [2.24, 2.45) is 5.10 Å². The maximum absolute atomic E-state index is 13.0. The van der Waals surface area contributed by atoms with Crippen LogP contribution in [0.4, 0.5) is 0 Å². The maximum atomic E-state index is 13.0. The van der Waals surface area contributed by atoms with E-state index in [4.69, 9.17) is 26.2 Å². The number of ether oxygens (including phenoxy) is 2. The third-order valence-corrected chi connectivity index (χ3v) is 6.22. The lowest BCUT2D eigenvalue weighted by atomic mass is 9.97. The van der Waals surface area contributed by atoms with Crippen molar-refractivity contribution in [3.63, 3.8) is 0 Å². The number of aryl methyl sites for hydroxylation is 1. The number of rotatable bonds is 5. The summed E-state index contributed by atoms with van der Waals surface area (Å²) in [5.41, 5.74) is 4.03. The zero-order valence-corrected chi connectivity index (χ0v) is 19.2. The zero-order valence-electron chi connectivity index (χ0n) is 18.5. The molecule has 1 amide bonds. The van der Waals surface area contributed by atoms with Crippen LogP contribution in [0.15, 0.2) is 47.6 Å². The van der Waals surface area contributed by atoms with Gasteiger partial charge in [0.2, 0.25) is 5.91 Å². The first-order valence-electron chi connectivity index (χ1n) is 11.0. The van der Waals surface area contributed by atoms with E-state index in [9.17, 15) is 9.59 Å². The van der Waals surface area contributed by atoms with E-state index in [0.29, 0.717) is 42.2 Å². The number of carboxylic acids is 1. The van der Waals surface area contributed by atoms with Crippen molar-refractivity contribution in [2.45, 2.75) is 32.2 Å². The maximum Gasteiger partial charge on any atom is 0.303 e. The molecule has 1 aromatic heterocycles. The Kier molecular flexibility index (Phi) is 5.83. The van der Waals surface area contributed by atoms with Crippen LogP contribution in [-0.4, -0.2) is 45.9 Å². The summed E-state index contributed by atoms with van der Waals surface area (Å²) in [5.74, 6) is -0.172. The Bertz CT molecular complexity index is 1320. The highest BCUT2D eigenvalue weighted by atomic mass is 35.5. The first-order valence-corrected chi connectivity index (χ1v) is 11.3. The van der Waals surface area contributed by atoms with Crippen LogP contribution >= 0.6 is 11.6 Å². The molecule has 1 atom stereocenters. The van der Waals surface area contributed by atoms with Gasteiger partial charge in [0.25, 0.3) is 0 Å². The summed E-state index contributed by atoms with van der Waals surface area (Å²) in [6.45, 7) is 2.94. The Labute approximate surface area is 200 Å². The predicted octanol–water partition coefficient (Wildman–Crippen LogP) is 4.51. The number of halogens is 1. The molecule has 2 aromatic carbocycles. The molecular weight excluding hydrogens is 458 g/mol. The van der Waals surface area contributed by atoms with Crippen molar-refractivity contribution in [3.05, 3.63) is 64.3 Å². The number of carboxylic acid groups (broad SMARTS) is 1. The molecular formula is C25H22ClN3O5. The minimum Gasteiger partial charge on any atom is -0.486 e. The summed E-state index contributed by atoms with van der Waals surface area (Å²) in [7, 11) is 0. The summed E-state index contributed by atoms with van der Waals surface area (Å²) in [5, 5.41) is 16.0. The summed E-state index contributed by atoms with van der Waals surface area (Å²) in [6.07, 6.45) is -0.00221. The summed E-state index contributed by atoms with van der Waals surface area (Å²) in [4.78, 5) is 28.6. The number of aliphatic carboxylic acids is 1. The number of pyridine rings is 1. The van der Waals surface area contributed by atoms with Gasteiger partial charge in [-0.05, 0) is 24.6 Å². The second-order valence-corrected chi connectivity index (χ2v) is 8.68. The van der Waals surface area contributed by atoms with E-state index in [-0.39, 0.29) is 23.9 Å². The van der Waals surface area contributed by atoms with Gasteiger partial charge in [-0.3, -0.25) is 9.59 Å². The highest BCUT2D eigenvalue weighted by Crippen LogP contribution is 2.40. The molecule has 0 bridgehead atoms. The highest BCUT2D eigenvalue weighted by molar-refractivity contribution is 6.30. The number of aromatic nitrogens is 1. The number of fused-ring (bicyclic) bond motifs is 2. The second-order valence-electron chi connectivity index (χ2n) is 8.32. The lowest BCUT2D eigenvalue weighted by molar-refractivity contribution is -0.141. The fourth-order valence-corrected chi connectivity index (χ4v) is 4.44. The molecule has 0 fully saturated rings. The molecule has 0 saturated heterocycles. The summed E-state index contributed by atoms with van der Waals surface area (Å²) >= 11 is 6.61. The second kappa shape index (κ2) is 8.95. The monoisotopic (exact) mass is 479 g/mol. The van der Waals surface area contributed by atoms with Gasteiger partial charge in [-0.25, -0.2) is 9.99 Å². The normalized spacial score (nSPS) is 17.1. The Hall–Kier alpha value is -3.65. The lowest BCUT2D eigenvalue weighted by Crippen LogP contribution is -2.27. The van der Waals surface area contributed by atoms with E-state index in [2.05, 4.69) is 10.1 Å². The van der Waals surface area contributed by atoms with Crippen molar-refractivity contribution in [3.8, 4) is 11.5 Å². The van der Waals surface area contributed by atoms with Crippen LogP contribution in [0, 0.1) is 6.92 Å². The van der Waals surface area contributed by atoms with Gasteiger partial charge in [-0.15, -0.1) is 0 Å². The van der Waals surface area contributed by atoms with Crippen LogP contribution in [-0.2, 0) is 9.59 Å². The van der Waals surface area contributed by atoms with Crippen LogP contribution in [0.2, 0.25) is 5.15 Å². The standard InChI is InChI=1S/C25H22ClN3O5/c1-14-2-4-15(5-3-14)19-12-20(29(28-19)23(30)6-7-24(31)32)17-10-16-11-21-22(34-9-8-33-21)13-18(16)27-25(17)26/h2-5,10-11,13,20H,6-9,12H2,1H3,(H,31,32). The van der Waals surface area contributed by atoms with E-state index in [1.807, 2.05) is 43.3 Å². The number of carbonyl (C=O) groups is 2. The number of hydrazone groups is 1. The van der Waals surface area contributed by atoms with Gasteiger partial charge in [-0.2, -0.15) is 5.10 Å². The van der Waals surface area contributed by atoms with Gasteiger partial charge in [0.1, 0.15) is 18.4 Å². The topological polar surface area (TPSA) is 101 Å². The Morgan fingerprint density at radius 1 is 1.09 bits per heavy atom. The van der Waals surface area contributed by atoms with Crippen LogP contribution < -0.4 is 9.47 Å². The van der Waals surface area contributed by atoms with Gasteiger partial charge in [0.05, 0.1) is 23.7 Å². The minimum absolute atomic E-state index is 0.159. The third-order valence-electron chi connectivity index (χ3n) is 5.92. The number of hydrogen-bond acceptors (Lipinski definition) is 6. The van der Waals surface area contributed by atoms with E-state index in [1.54, 1.807) is 6.07 Å². The smallest absolute Gasteiger partial charge is 0.303 e. The minimum atomic E-state index is -1.04.